The van der Waals surface area contributed by atoms with Crippen LogP contribution in [0, 0.1) is 11.6 Å². The lowest BCUT2D eigenvalue weighted by atomic mass is 10.1. The average molecular weight is 430 g/mol. The van der Waals surface area contributed by atoms with Gasteiger partial charge in [0.25, 0.3) is 10.0 Å². The molecular weight excluding hydrogens is 414 g/mol. The standard InChI is InChI=1S/C21H16F2N2O4S/c1-2-29-20-14(9-6-10-24-20)19-15-11-16(22)17(23)12-18(15)25(21(19)26)30(27,28)13-7-4-3-5-8-13/h3-12,26H,2H2,1H3. The van der Waals surface area contributed by atoms with Gasteiger partial charge in [-0.3, -0.25) is 0 Å². The molecule has 154 valence electrons. The molecule has 4 rings (SSSR count). The minimum Gasteiger partial charge on any atom is -0.493 e. The van der Waals surface area contributed by atoms with Crippen molar-refractivity contribution >= 4 is 20.9 Å². The van der Waals surface area contributed by atoms with Gasteiger partial charge in [0.2, 0.25) is 11.8 Å². The Hall–Kier alpha value is -3.46. The molecule has 1 N–H and O–H groups in total. The number of aromatic nitrogens is 2. The molecule has 0 fully saturated rings. The Bertz CT molecular complexity index is 1350. The summed E-state index contributed by atoms with van der Waals surface area (Å²) in [6.07, 6.45) is 1.46. The summed E-state index contributed by atoms with van der Waals surface area (Å²) in [7, 11) is -4.32. The second-order valence-electron chi connectivity index (χ2n) is 6.35. The van der Waals surface area contributed by atoms with Crippen molar-refractivity contribution in [1.29, 1.82) is 0 Å². The zero-order valence-electron chi connectivity index (χ0n) is 15.7. The van der Waals surface area contributed by atoms with Gasteiger partial charge < -0.3 is 9.84 Å². The van der Waals surface area contributed by atoms with Crippen LogP contribution in [0.4, 0.5) is 8.78 Å². The Kier molecular flexibility index (Phi) is 4.90. The van der Waals surface area contributed by atoms with Gasteiger partial charge in [0.15, 0.2) is 11.6 Å². The van der Waals surface area contributed by atoms with Crippen LogP contribution in [0.3, 0.4) is 0 Å². The third-order valence-electron chi connectivity index (χ3n) is 4.55. The number of pyridine rings is 1. The predicted molar refractivity (Wildman–Crippen MR) is 107 cm³/mol. The molecule has 6 nitrogen and oxygen atoms in total. The van der Waals surface area contributed by atoms with Crippen molar-refractivity contribution in [1.82, 2.24) is 8.96 Å². The molecule has 2 aromatic heterocycles. The van der Waals surface area contributed by atoms with Crippen molar-refractivity contribution < 1.29 is 27.0 Å². The minimum atomic E-state index is -4.32. The number of hydrogen-bond acceptors (Lipinski definition) is 5. The van der Waals surface area contributed by atoms with E-state index in [9.17, 15) is 22.3 Å². The van der Waals surface area contributed by atoms with E-state index in [1.54, 1.807) is 25.1 Å². The van der Waals surface area contributed by atoms with E-state index in [4.69, 9.17) is 4.74 Å². The lowest BCUT2D eigenvalue weighted by Gasteiger charge is -2.10. The number of aromatic hydroxyl groups is 1. The molecule has 30 heavy (non-hydrogen) atoms. The fourth-order valence-electron chi connectivity index (χ4n) is 3.28. The Balaban J connectivity index is 2.12. The zero-order valence-corrected chi connectivity index (χ0v) is 16.5. The quantitative estimate of drug-likeness (QED) is 0.510. The van der Waals surface area contributed by atoms with E-state index in [-0.39, 0.29) is 39.4 Å². The second-order valence-corrected chi connectivity index (χ2v) is 8.14. The number of ether oxygens (including phenoxy) is 1. The van der Waals surface area contributed by atoms with Crippen LogP contribution in [0.25, 0.3) is 22.0 Å². The van der Waals surface area contributed by atoms with Gasteiger partial charge in [0.05, 0.1) is 28.1 Å². The number of fused-ring (bicyclic) bond motifs is 1. The Morgan fingerprint density at radius 3 is 2.47 bits per heavy atom. The van der Waals surface area contributed by atoms with Crippen molar-refractivity contribution in [2.45, 2.75) is 11.8 Å². The molecule has 0 aliphatic heterocycles. The first-order chi connectivity index (χ1) is 14.4. The molecule has 0 bridgehead atoms. The SMILES string of the molecule is CCOc1ncccc1-c1c(O)n(S(=O)(=O)c2ccccc2)c2cc(F)c(F)cc12. The predicted octanol–water partition coefficient (Wildman–Crippen LogP) is 4.32. The fraction of sp³-hybridized carbons (Fsp3) is 0.0952. The minimum absolute atomic E-state index is 0.000130. The first-order valence-electron chi connectivity index (χ1n) is 8.97. The number of benzene rings is 2. The molecule has 0 amide bonds. The Morgan fingerprint density at radius 2 is 1.77 bits per heavy atom. The highest BCUT2D eigenvalue weighted by Gasteiger charge is 2.30. The van der Waals surface area contributed by atoms with Crippen molar-refractivity contribution in [2.75, 3.05) is 6.61 Å². The van der Waals surface area contributed by atoms with Gasteiger partial charge in [-0.25, -0.2) is 26.2 Å². The van der Waals surface area contributed by atoms with E-state index >= 15 is 0 Å². The highest BCUT2D eigenvalue weighted by atomic mass is 32.2. The van der Waals surface area contributed by atoms with Crippen molar-refractivity contribution in [3.63, 3.8) is 0 Å². The maximum absolute atomic E-state index is 14.1. The Labute approximate surface area is 171 Å². The number of hydrogen-bond donors (Lipinski definition) is 1. The molecule has 0 radical (unpaired) electrons. The third-order valence-corrected chi connectivity index (χ3v) is 6.26. The molecule has 0 atom stereocenters. The van der Waals surface area contributed by atoms with E-state index in [1.807, 2.05) is 0 Å². The van der Waals surface area contributed by atoms with Gasteiger partial charge >= 0.3 is 0 Å². The molecule has 2 heterocycles. The summed E-state index contributed by atoms with van der Waals surface area (Å²) in [4.78, 5) is 3.98. The maximum Gasteiger partial charge on any atom is 0.271 e. The van der Waals surface area contributed by atoms with Crippen molar-refractivity contribution in [3.05, 3.63) is 72.4 Å². The molecule has 0 spiro atoms. The first kappa shape index (κ1) is 19.8. The molecule has 0 aliphatic carbocycles. The summed E-state index contributed by atoms with van der Waals surface area (Å²) in [6.45, 7) is 1.99. The van der Waals surface area contributed by atoms with Crippen LogP contribution in [0.15, 0.2) is 65.7 Å². The van der Waals surface area contributed by atoms with Crippen molar-refractivity contribution in [2.24, 2.45) is 0 Å². The van der Waals surface area contributed by atoms with Crippen LogP contribution in [0.2, 0.25) is 0 Å². The van der Waals surface area contributed by atoms with E-state index in [1.165, 1.54) is 30.5 Å². The van der Waals surface area contributed by atoms with Crippen LogP contribution < -0.4 is 4.74 Å². The number of rotatable bonds is 5. The summed E-state index contributed by atoms with van der Waals surface area (Å²) in [6, 6.07) is 12.1. The number of nitrogens with zero attached hydrogens (tertiary/aromatic N) is 2. The molecule has 2 aromatic carbocycles. The van der Waals surface area contributed by atoms with Crippen LogP contribution in [0.1, 0.15) is 6.92 Å². The highest BCUT2D eigenvalue weighted by molar-refractivity contribution is 7.90. The van der Waals surface area contributed by atoms with E-state index in [0.29, 0.717) is 3.97 Å². The molecule has 0 unspecified atom stereocenters. The summed E-state index contributed by atoms with van der Waals surface area (Å²) in [5.41, 5.74) is 0.00591. The molecular formula is C21H16F2N2O4S. The largest absolute Gasteiger partial charge is 0.493 e. The average Bonchev–Trinajstić information content (AvgIpc) is 3.01. The highest BCUT2D eigenvalue weighted by Crippen LogP contribution is 2.44. The van der Waals surface area contributed by atoms with E-state index in [0.717, 1.165) is 12.1 Å². The first-order valence-corrected chi connectivity index (χ1v) is 10.4. The molecule has 9 heteroatoms. The van der Waals surface area contributed by atoms with Crippen LogP contribution in [0.5, 0.6) is 11.8 Å². The van der Waals surface area contributed by atoms with Crippen LogP contribution in [-0.2, 0) is 10.0 Å². The van der Waals surface area contributed by atoms with Crippen molar-refractivity contribution in [3.8, 4) is 22.9 Å². The summed E-state index contributed by atoms with van der Waals surface area (Å²) in [5.74, 6) is -3.00. The van der Waals surface area contributed by atoms with E-state index < -0.39 is 27.5 Å². The third kappa shape index (κ3) is 3.07. The maximum atomic E-state index is 14.1. The van der Waals surface area contributed by atoms with Crippen LogP contribution in [-0.4, -0.2) is 29.1 Å². The summed E-state index contributed by atoms with van der Waals surface area (Å²) < 4.78 is 60.7. The monoisotopic (exact) mass is 430 g/mol. The lowest BCUT2D eigenvalue weighted by molar-refractivity contribution is 0.328. The van der Waals surface area contributed by atoms with Gasteiger partial charge in [0, 0.05) is 17.6 Å². The normalized spacial score (nSPS) is 11.7. The van der Waals surface area contributed by atoms with E-state index in [2.05, 4.69) is 4.98 Å². The lowest BCUT2D eigenvalue weighted by Crippen LogP contribution is -2.12. The molecule has 0 aliphatic rings. The summed E-state index contributed by atoms with van der Waals surface area (Å²) >= 11 is 0. The van der Waals surface area contributed by atoms with Gasteiger partial charge in [-0.15, -0.1) is 0 Å². The fourth-order valence-corrected chi connectivity index (χ4v) is 4.72. The smallest absolute Gasteiger partial charge is 0.271 e. The molecule has 0 saturated carbocycles. The topological polar surface area (TPSA) is 81.4 Å². The zero-order chi connectivity index (χ0) is 21.5. The van der Waals surface area contributed by atoms with Gasteiger partial charge in [-0.2, -0.15) is 0 Å². The van der Waals surface area contributed by atoms with Gasteiger partial charge in [0.1, 0.15) is 0 Å². The Morgan fingerprint density at radius 1 is 1.07 bits per heavy atom. The van der Waals surface area contributed by atoms with Gasteiger partial charge in [-0.1, -0.05) is 18.2 Å². The molecule has 0 saturated heterocycles. The molecule has 4 aromatic rings. The summed E-state index contributed by atoms with van der Waals surface area (Å²) in [5, 5.41) is 11.0. The number of halogens is 2. The second kappa shape index (κ2) is 7.42. The van der Waals surface area contributed by atoms with Gasteiger partial charge in [-0.05, 0) is 37.3 Å². The van der Waals surface area contributed by atoms with Crippen LogP contribution >= 0.6 is 0 Å².